The van der Waals surface area contributed by atoms with Crippen molar-refractivity contribution in [3.63, 3.8) is 0 Å². The molecule has 3 nitrogen and oxygen atoms in total. The molecular formula is C33H31N2O+. The van der Waals surface area contributed by atoms with E-state index in [2.05, 4.69) is 127 Å². The maximum Gasteiger partial charge on any atom is 0.374 e. The smallest absolute Gasteiger partial charge is 0.374 e. The highest BCUT2D eigenvalue weighted by molar-refractivity contribution is 5.95. The van der Waals surface area contributed by atoms with Gasteiger partial charge in [-0.05, 0) is 60.4 Å². The lowest BCUT2D eigenvalue weighted by molar-refractivity contribution is -0.674. The van der Waals surface area contributed by atoms with E-state index in [0.717, 1.165) is 30.0 Å². The molecule has 0 radical (unpaired) electrons. The van der Waals surface area contributed by atoms with Gasteiger partial charge in [-0.15, -0.1) is 0 Å². The van der Waals surface area contributed by atoms with Gasteiger partial charge in [0.25, 0.3) is 5.52 Å². The first-order chi connectivity index (χ1) is 17.6. The maximum absolute atomic E-state index is 6.18. The van der Waals surface area contributed by atoms with Crippen LogP contribution in [-0.2, 0) is 18.4 Å². The Balaban J connectivity index is 1.48. The molecule has 0 spiro atoms. The van der Waals surface area contributed by atoms with Gasteiger partial charge < -0.3 is 9.32 Å². The molecule has 1 aromatic heterocycles. The van der Waals surface area contributed by atoms with Gasteiger partial charge in [0.15, 0.2) is 0 Å². The largest absolute Gasteiger partial charge is 0.398 e. The molecule has 4 aromatic carbocycles. The van der Waals surface area contributed by atoms with Crippen molar-refractivity contribution in [1.82, 2.24) is 0 Å². The third-order valence-corrected chi connectivity index (χ3v) is 7.59. The number of nitrogens with zero attached hydrogens (tertiary/aromatic N) is 2. The molecule has 1 aliphatic rings. The molecule has 2 heterocycles. The summed E-state index contributed by atoms with van der Waals surface area (Å²) in [6.07, 6.45) is 7.44. The summed E-state index contributed by atoms with van der Waals surface area (Å²) in [5.41, 5.74) is 7.16. The summed E-state index contributed by atoms with van der Waals surface area (Å²) in [7, 11) is 2.19. The molecule has 0 fully saturated rings. The first-order valence-electron chi connectivity index (χ1n) is 12.7. The lowest BCUT2D eigenvalue weighted by Crippen LogP contribution is -2.33. The van der Waals surface area contributed by atoms with Crippen LogP contribution in [0, 0.1) is 0 Å². The molecule has 36 heavy (non-hydrogen) atoms. The minimum Gasteiger partial charge on any atom is -0.398 e. The number of hydrogen-bond acceptors (Lipinski definition) is 2. The highest BCUT2D eigenvalue weighted by Crippen LogP contribution is 2.51. The Kier molecular flexibility index (Phi) is 5.49. The highest BCUT2D eigenvalue weighted by atomic mass is 16.3. The van der Waals surface area contributed by atoms with Crippen molar-refractivity contribution in [1.29, 1.82) is 0 Å². The number of allylic oxidation sites excluding steroid dienone is 3. The molecule has 0 saturated heterocycles. The SMILES string of the molecule is CC[n+]1c(C=CC=C2N(C)c3ccc4ccccc4c3C2(C)Cc2ccccc2)oc2ccccc21. The fourth-order valence-corrected chi connectivity index (χ4v) is 5.95. The van der Waals surface area contributed by atoms with Crippen molar-refractivity contribution in [2.24, 2.45) is 0 Å². The third kappa shape index (κ3) is 3.54. The van der Waals surface area contributed by atoms with E-state index >= 15 is 0 Å². The van der Waals surface area contributed by atoms with Gasteiger partial charge in [0.1, 0.15) is 6.54 Å². The van der Waals surface area contributed by atoms with E-state index in [1.54, 1.807) is 0 Å². The Bertz CT molecular complexity index is 1630. The van der Waals surface area contributed by atoms with Gasteiger partial charge in [-0.25, -0.2) is 0 Å². The summed E-state index contributed by atoms with van der Waals surface area (Å²) in [5.74, 6) is 0.865. The number of likely N-dealkylation sites (N-methyl/N-ethyl adjacent to an activating group) is 1. The molecule has 0 amide bonds. The van der Waals surface area contributed by atoms with Crippen LogP contribution in [0.25, 0.3) is 27.9 Å². The molecule has 0 saturated carbocycles. The van der Waals surface area contributed by atoms with E-state index in [4.69, 9.17) is 4.42 Å². The number of aromatic nitrogens is 1. The third-order valence-electron chi connectivity index (χ3n) is 7.59. The lowest BCUT2D eigenvalue weighted by atomic mass is 9.74. The van der Waals surface area contributed by atoms with E-state index in [9.17, 15) is 0 Å². The van der Waals surface area contributed by atoms with E-state index in [-0.39, 0.29) is 5.41 Å². The maximum atomic E-state index is 6.18. The van der Waals surface area contributed by atoms with E-state index < -0.39 is 0 Å². The summed E-state index contributed by atoms with van der Waals surface area (Å²) in [6.45, 7) is 5.40. The molecule has 0 bridgehead atoms. The van der Waals surface area contributed by atoms with E-state index in [1.165, 1.54) is 33.3 Å². The number of rotatable bonds is 5. The lowest BCUT2D eigenvalue weighted by Gasteiger charge is -2.29. The summed E-state index contributed by atoms with van der Waals surface area (Å²) in [5, 5.41) is 2.61. The van der Waals surface area contributed by atoms with Crippen LogP contribution in [0.4, 0.5) is 5.69 Å². The van der Waals surface area contributed by atoms with Crippen molar-refractivity contribution >= 4 is 33.6 Å². The monoisotopic (exact) mass is 471 g/mol. The Labute approximate surface area is 212 Å². The summed E-state index contributed by atoms with van der Waals surface area (Å²) >= 11 is 0. The summed E-state index contributed by atoms with van der Waals surface area (Å²) < 4.78 is 8.40. The molecule has 1 unspecified atom stereocenters. The summed E-state index contributed by atoms with van der Waals surface area (Å²) in [4.78, 5) is 2.36. The molecule has 6 rings (SSSR count). The summed E-state index contributed by atoms with van der Waals surface area (Å²) in [6, 6.07) is 32.3. The van der Waals surface area contributed by atoms with Crippen LogP contribution in [0.3, 0.4) is 0 Å². The molecule has 0 aliphatic carbocycles. The van der Waals surface area contributed by atoms with Gasteiger partial charge in [0, 0.05) is 29.9 Å². The molecule has 1 atom stereocenters. The van der Waals surface area contributed by atoms with Crippen LogP contribution in [0.2, 0.25) is 0 Å². The second-order valence-electron chi connectivity index (χ2n) is 9.80. The topological polar surface area (TPSA) is 20.3 Å². The molecule has 0 N–H and O–H groups in total. The number of fused-ring (bicyclic) bond motifs is 4. The molecule has 178 valence electrons. The number of anilines is 1. The second-order valence-corrected chi connectivity index (χ2v) is 9.80. The molecule has 3 heteroatoms. The standard InChI is InChI=1S/C33H31N2O/c1-4-35-27-17-10-11-18-29(27)36-31(35)20-12-19-30-33(2,23-24-13-6-5-7-14-24)32-26-16-9-8-15-25(26)21-22-28(32)34(30)3/h5-22H,4,23H2,1-3H3/q+1. The Morgan fingerprint density at radius 1 is 0.889 bits per heavy atom. The second kappa shape index (κ2) is 8.83. The van der Waals surface area contributed by atoms with Gasteiger partial charge in [-0.1, -0.05) is 78.9 Å². The zero-order valence-electron chi connectivity index (χ0n) is 21.1. The molecule has 5 aromatic rings. The Morgan fingerprint density at radius 2 is 1.64 bits per heavy atom. The average Bonchev–Trinajstić information content (AvgIpc) is 3.37. The number of hydrogen-bond donors (Lipinski definition) is 0. The number of aryl methyl sites for hydroxylation is 1. The normalized spacial score (nSPS) is 18.6. The first kappa shape index (κ1) is 22.4. The van der Waals surface area contributed by atoms with Crippen molar-refractivity contribution in [3.05, 3.63) is 126 Å². The predicted molar refractivity (Wildman–Crippen MR) is 149 cm³/mol. The van der Waals surface area contributed by atoms with E-state index in [0.29, 0.717) is 0 Å². The van der Waals surface area contributed by atoms with Crippen molar-refractivity contribution < 1.29 is 8.98 Å². The number of benzene rings is 4. The molecule has 1 aliphatic heterocycles. The predicted octanol–water partition coefficient (Wildman–Crippen LogP) is 7.44. The van der Waals surface area contributed by atoms with Gasteiger partial charge in [0.2, 0.25) is 5.58 Å². The van der Waals surface area contributed by atoms with Crippen molar-refractivity contribution in [2.75, 3.05) is 11.9 Å². The average molecular weight is 472 g/mol. The van der Waals surface area contributed by atoms with Gasteiger partial charge in [-0.2, -0.15) is 4.57 Å². The fourth-order valence-electron chi connectivity index (χ4n) is 5.95. The fraction of sp³-hybridized carbons (Fsp3) is 0.182. The van der Waals surface area contributed by atoms with Crippen LogP contribution in [0.5, 0.6) is 0 Å². The van der Waals surface area contributed by atoms with Gasteiger partial charge in [0.05, 0.1) is 6.08 Å². The van der Waals surface area contributed by atoms with Crippen LogP contribution >= 0.6 is 0 Å². The number of para-hydroxylation sites is 2. The van der Waals surface area contributed by atoms with Gasteiger partial charge >= 0.3 is 5.89 Å². The zero-order chi connectivity index (χ0) is 24.7. The first-order valence-corrected chi connectivity index (χ1v) is 12.7. The van der Waals surface area contributed by atoms with Crippen LogP contribution in [-0.4, -0.2) is 7.05 Å². The quantitative estimate of drug-likeness (QED) is 0.248. The van der Waals surface area contributed by atoms with Crippen LogP contribution in [0.1, 0.15) is 30.9 Å². The minimum atomic E-state index is -0.175. The van der Waals surface area contributed by atoms with Gasteiger partial charge in [-0.3, -0.25) is 0 Å². The Hall–Kier alpha value is -4.11. The zero-order valence-corrected chi connectivity index (χ0v) is 21.1. The van der Waals surface area contributed by atoms with Crippen LogP contribution < -0.4 is 9.47 Å². The highest BCUT2D eigenvalue weighted by Gasteiger charge is 2.43. The molecular weight excluding hydrogens is 440 g/mol. The number of oxazole rings is 1. The Morgan fingerprint density at radius 3 is 2.47 bits per heavy atom. The minimum absolute atomic E-state index is 0.175. The van der Waals surface area contributed by atoms with Crippen LogP contribution in [0.15, 0.2) is 113 Å². The van der Waals surface area contributed by atoms with Crippen molar-refractivity contribution in [2.45, 2.75) is 32.2 Å². The van der Waals surface area contributed by atoms with Crippen molar-refractivity contribution in [3.8, 4) is 0 Å². The van der Waals surface area contributed by atoms with E-state index in [1.807, 2.05) is 12.1 Å².